The highest BCUT2D eigenvalue weighted by Crippen LogP contribution is 2.17. The monoisotopic (exact) mass is 347 g/mol. The Morgan fingerprint density at radius 3 is 2.60 bits per heavy atom. The smallest absolute Gasteiger partial charge is 0.266 e. The first kappa shape index (κ1) is 20.9. The van der Waals surface area contributed by atoms with Gasteiger partial charge in [-0.1, -0.05) is 13.8 Å². The molecular formula is C19H29N3O3. The van der Waals surface area contributed by atoms with Crippen LogP contribution >= 0.6 is 0 Å². The fourth-order valence-corrected chi connectivity index (χ4v) is 2.72. The summed E-state index contributed by atoms with van der Waals surface area (Å²) in [6.07, 6.45) is 2.20. The van der Waals surface area contributed by atoms with Gasteiger partial charge < -0.3 is 15.4 Å². The van der Waals surface area contributed by atoms with E-state index < -0.39 is 11.2 Å². The Morgan fingerprint density at radius 2 is 2.04 bits per heavy atom. The zero-order valence-corrected chi connectivity index (χ0v) is 15.8. The lowest BCUT2D eigenvalue weighted by atomic mass is 9.95. The molecule has 0 bridgehead atoms. The highest BCUT2D eigenvalue weighted by molar-refractivity contribution is 5.76. The van der Waals surface area contributed by atoms with Gasteiger partial charge in [0.05, 0.1) is 5.60 Å². The summed E-state index contributed by atoms with van der Waals surface area (Å²) in [6.45, 7) is 9.62. The summed E-state index contributed by atoms with van der Waals surface area (Å²) in [4.78, 5) is 26.5. The van der Waals surface area contributed by atoms with Crippen LogP contribution in [0.15, 0.2) is 4.79 Å². The summed E-state index contributed by atoms with van der Waals surface area (Å²) >= 11 is 0. The molecule has 0 saturated heterocycles. The van der Waals surface area contributed by atoms with Crippen molar-refractivity contribution in [1.82, 2.24) is 10.3 Å². The third-order valence-electron chi connectivity index (χ3n) is 4.45. The number of aromatic amines is 1. The van der Waals surface area contributed by atoms with E-state index in [2.05, 4.69) is 24.1 Å². The molecule has 0 aliphatic heterocycles. The number of amides is 1. The summed E-state index contributed by atoms with van der Waals surface area (Å²) in [5, 5.41) is 22.1. The van der Waals surface area contributed by atoms with Crippen molar-refractivity contribution in [2.24, 2.45) is 5.92 Å². The van der Waals surface area contributed by atoms with Crippen LogP contribution in [0.25, 0.3) is 0 Å². The first-order valence-corrected chi connectivity index (χ1v) is 8.69. The lowest BCUT2D eigenvalue weighted by Crippen LogP contribution is -2.40. The fraction of sp³-hybridized carbons (Fsp3) is 0.632. The van der Waals surface area contributed by atoms with Crippen LogP contribution in [0.1, 0.15) is 62.4 Å². The van der Waals surface area contributed by atoms with E-state index in [1.54, 1.807) is 20.8 Å². The topological polar surface area (TPSA) is 106 Å². The standard InChI is InChI=1S/C19H29N3O3/c1-12(2)8-9-19(5,25)11-21-17(23)7-6-15-13(3)16(10-20)18(24)22-14(15)4/h12,25H,6-9,11H2,1-5H3,(H,21,23)(H,22,24). The molecule has 0 radical (unpaired) electrons. The minimum absolute atomic E-state index is 0.0950. The average molecular weight is 347 g/mol. The molecule has 1 aromatic rings. The Hall–Kier alpha value is -2.13. The molecule has 25 heavy (non-hydrogen) atoms. The molecule has 0 saturated carbocycles. The summed E-state index contributed by atoms with van der Waals surface area (Å²) in [7, 11) is 0. The van der Waals surface area contributed by atoms with Crippen LogP contribution in [0.4, 0.5) is 0 Å². The highest BCUT2D eigenvalue weighted by atomic mass is 16.3. The van der Waals surface area contributed by atoms with E-state index in [0.29, 0.717) is 30.0 Å². The van der Waals surface area contributed by atoms with E-state index in [1.807, 2.05) is 6.07 Å². The van der Waals surface area contributed by atoms with Gasteiger partial charge in [-0.05, 0) is 57.1 Å². The van der Waals surface area contributed by atoms with E-state index in [4.69, 9.17) is 5.26 Å². The van der Waals surface area contributed by atoms with Crippen LogP contribution in [-0.4, -0.2) is 28.1 Å². The molecule has 6 nitrogen and oxygen atoms in total. The molecule has 138 valence electrons. The second-order valence-corrected chi connectivity index (χ2v) is 7.38. The fourth-order valence-electron chi connectivity index (χ4n) is 2.72. The highest BCUT2D eigenvalue weighted by Gasteiger charge is 2.21. The Kier molecular flexibility index (Phi) is 7.38. The van der Waals surface area contributed by atoms with Crippen LogP contribution in [0.2, 0.25) is 0 Å². The van der Waals surface area contributed by atoms with Crippen molar-refractivity contribution in [2.45, 2.75) is 65.9 Å². The van der Waals surface area contributed by atoms with E-state index in [9.17, 15) is 14.7 Å². The number of carbonyl (C=O) groups is 1. The van der Waals surface area contributed by atoms with Gasteiger partial charge in [-0.3, -0.25) is 9.59 Å². The van der Waals surface area contributed by atoms with Gasteiger partial charge in [-0.2, -0.15) is 5.26 Å². The predicted octanol–water partition coefficient (Wildman–Crippen LogP) is 2.10. The summed E-state index contributed by atoms with van der Waals surface area (Å²) in [5.74, 6) is 0.344. The third-order valence-corrected chi connectivity index (χ3v) is 4.45. The summed E-state index contributed by atoms with van der Waals surface area (Å²) in [5.41, 5.74) is 0.902. The molecule has 0 aromatic carbocycles. The predicted molar refractivity (Wildman–Crippen MR) is 97.3 cm³/mol. The van der Waals surface area contributed by atoms with E-state index >= 15 is 0 Å². The van der Waals surface area contributed by atoms with Crippen molar-refractivity contribution in [1.29, 1.82) is 5.26 Å². The molecule has 3 N–H and O–H groups in total. The van der Waals surface area contributed by atoms with Gasteiger partial charge in [0.25, 0.3) is 5.56 Å². The second-order valence-electron chi connectivity index (χ2n) is 7.38. The molecule has 1 unspecified atom stereocenters. The van der Waals surface area contributed by atoms with Crippen molar-refractivity contribution in [3.63, 3.8) is 0 Å². The number of hydrogen-bond donors (Lipinski definition) is 3. The molecule has 1 atom stereocenters. The molecule has 1 amide bonds. The SMILES string of the molecule is Cc1[nH]c(=O)c(C#N)c(C)c1CCC(=O)NCC(C)(O)CCC(C)C. The van der Waals surface area contributed by atoms with E-state index in [0.717, 1.165) is 12.0 Å². The van der Waals surface area contributed by atoms with Gasteiger partial charge in [-0.15, -0.1) is 0 Å². The van der Waals surface area contributed by atoms with Gasteiger partial charge in [-0.25, -0.2) is 0 Å². The number of aromatic nitrogens is 1. The Balaban J connectivity index is 2.64. The number of hydrogen-bond acceptors (Lipinski definition) is 4. The van der Waals surface area contributed by atoms with E-state index in [-0.39, 0.29) is 24.4 Å². The molecule has 0 aliphatic rings. The van der Waals surface area contributed by atoms with Crippen LogP contribution in [0.3, 0.4) is 0 Å². The van der Waals surface area contributed by atoms with Crippen LogP contribution in [0.5, 0.6) is 0 Å². The molecule has 6 heteroatoms. The summed E-state index contributed by atoms with van der Waals surface area (Å²) < 4.78 is 0. The maximum absolute atomic E-state index is 12.1. The molecule has 0 fully saturated rings. The van der Waals surface area contributed by atoms with Crippen molar-refractivity contribution in [3.05, 3.63) is 32.7 Å². The zero-order chi connectivity index (χ0) is 19.2. The van der Waals surface area contributed by atoms with Crippen LogP contribution in [0, 0.1) is 31.1 Å². The Morgan fingerprint density at radius 1 is 1.40 bits per heavy atom. The number of nitrogens with zero attached hydrogens (tertiary/aromatic N) is 1. The van der Waals surface area contributed by atoms with Crippen molar-refractivity contribution in [3.8, 4) is 6.07 Å². The lowest BCUT2D eigenvalue weighted by molar-refractivity contribution is -0.122. The van der Waals surface area contributed by atoms with Gasteiger partial charge >= 0.3 is 0 Å². The minimum atomic E-state index is -0.919. The van der Waals surface area contributed by atoms with Crippen molar-refractivity contribution in [2.75, 3.05) is 6.54 Å². The zero-order valence-electron chi connectivity index (χ0n) is 15.8. The maximum atomic E-state index is 12.1. The number of carbonyl (C=O) groups excluding carboxylic acids is 1. The van der Waals surface area contributed by atoms with E-state index in [1.165, 1.54) is 0 Å². The van der Waals surface area contributed by atoms with Gasteiger partial charge in [0.15, 0.2) is 0 Å². The number of nitriles is 1. The molecule has 1 aromatic heterocycles. The number of aryl methyl sites for hydroxylation is 1. The number of aliphatic hydroxyl groups is 1. The molecule has 0 aliphatic carbocycles. The number of H-pyrrole nitrogens is 1. The molecule has 1 heterocycles. The quantitative estimate of drug-likeness (QED) is 0.669. The van der Waals surface area contributed by atoms with Gasteiger partial charge in [0, 0.05) is 18.7 Å². The molecular weight excluding hydrogens is 318 g/mol. The second kappa shape index (κ2) is 8.82. The molecule has 1 rings (SSSR count). The third kappa shape index (κ3) is 6.35. The summed E-state index contributed by atoms with van der Waals surface area (Å²) in [6, 6.07) is 1.91. The maximum Gasteiger partial charge on any atom is 0.266 e. The largest absolute Gasteiger partial charge is 0.388 e. The normalized spacial score (nSPS) is 13.4. The van der Waals surface area contributed by atoms with Crippen LogP contribution in [-0.2, 0) is 11.2 Å². The van der Waals surface area contributed by atoms with Crippen molar-refractivity contribution >= 4 is 5.91 Å². The van der Waals surface area contributed by atoms with Crippen molar-refractivity contribution < 1.29 is 9.90 Å². The minimum Gasteiger partial charge on any atom is -0.388 e. The first-order valence-electron chi connectivity index (χ1n) is 8.69. The molecule has 0 spiro atoms. The average Bonchev–Trinajstić information content (AvgIpc) is 2.51. The number of pyridine rings is 1. The Labute approximate surface area is 149 Å². The number of rotatable bonds is 8. The lowest BCUT2D eigenvalue weighted by Gasteiger charge is -2.24. The van der Waals surface area contributed by atoms with Crippen LogP contribution < -0.4 is 10.9 Å². The number of nitrogens with one attached hydrogen (secondary N) is 2. The van der Waals surface area contributed by atoms with Gasteiger partial charge in [0.2, 0.25) is 5.91 Å². The van der Waals surface area contributed by atoms with Gasteiger partial charge in [0.1, 0.15) is 11.6 Å². The first-order chi connectivity index (χ1) is 11.6. The Bertz CT molecular complexity index is 712.